The number of amides is 2. The van der Waals surface area contributed by atoms with Crippen molar-refractivity contribution in [3.63, 3.8) is 0 Å². The highest BCUT2D eigenvalue weighted by atomic mass is 35.5. The normalized spacial score (nSPS) is 15.9. The van der Waals surface area contributed by atoms with Crippen LogP contribution in [0.1, 0.15) is 19.3 Å². The lowest BCUT2D eigenvalue weighted by atomic mass is 10.1. The maximum absolute atomic E-state index is 12.1. The lowest BCUT2D eigenvalue weighted by molar-refractivity contribution is 0.200. The number of rotatable bonds is 2. The first-order valence-corrected chi connectivity index (χ1v) is 8.67. The smallest absolute Gasteiger partial charge is 0.321 e. The first-order chi connectivity index (χ1) is 9.79. The Labute approximate surface area is 133 Å². The summed E-state index contributed by atoms with van der Waals surface area (Å²) >= 11 is 12.0. The number of urea groups is 1. The Morgan fingerprint density at radius 1 is 1.14 bits per heavy atom. The molecule has 2 rings (SSSR count). The number of carbonyl (C=O) groups excluding carboxylic acids is 1. The quantitative estimate of drug-likeness (QED) is 0.857. The Morgan fingerprint density at radius 3 is 2.14 bits per heavy atom. The molecular formula is C12H15Cl2N3O3S. The molecule has 9 heteroatoms. The number of nitrogens with one attached hydrogen (secondary N) is 1. The molecule has 1 saturated heterocycles. The van der Waals surface area contributed by atoms with Gasteiger partial charge in [0.1, 0.15) is 0 Å². The average Bonchev–Trinajstić information content (AvgIpc) is 2.42. The summed E-state index contributed by atoms with van der Waals surface area (Å²) in [5.74, 6) is 0. The molecule has 1 heterocycles. The van der Waals surface area contributed by atoms with Gasteiger partial charge in [0.15, 0.2) is 0 Å². The lowest BCUT2D eigenvalue weighted by Gasteiger charge is -2.27. The van der Waals surface area contributed by atoms with E-state index in [0.29, 0.717) is 13.1 Å². The predicted octanol–water partition coefficient (Wildman–Crippen LogP) is 2.66. The topological polar surface area (TPSA) is 92.5 Å². The van der Waals surface area contributed by atoms with Gasteiger partial charge in [0.25, 0.3) is 0 Å². The van der Waals surface area contributed by atoms with E-state index in [1.807, 2.05) is 0 Å². The molecule has 1 fully saturated rings. The first kappa shape index (κ1) is 16.4. The summed E-state index contributed by atoms with van der Waals surface area (Å²) < 4.78 is 22.6. The van der Waals surface area contributed by atoms with Crippen molar-refractivity contribution in [2.45, 2.75) is 24.2 Å². The van der Waals surface area contributed by atoms with Gasteiger partial charge in [-0.15, -0.1) is 0 Å². The molecule has 2 amide bonds. The molecule has 0 aliphatic carbocycles. The van der Waals surface area contributed by atoms with Gasteiger partial charge < -0.3 is 10.2 Å². The second-order valence-corrected chi connectivity index (χ2v) is 7.16. The van der Waals surface area contributed by atoms with Gasteiger partial charge in [0.2, 0.25) is 10.0 Å². The van der Waals surface area contributed by atoms with Crippen molar-refractivity contribution < 1.29 is 13.2 Å². The Hall–Kier alpha value is -1.02. The predicted molar refractivity (Wildman–Crippen MR) is 82.3 cm³/mol. The van der Waals surface area contributed by atoms with Crippen LogP contribution in [0.2, 0.25) is 10.0 Å². The molecule has 1 aliphatic heterocycles. The highest BCUT2D eigenvalue weighted by Crippen LogP contribution is 2.33. The number of likely N-dealkylation sites (tertiary alicyclic amines) is 1. The highest BCUT2D eigenvalue weighted by Gasteiger charge is 2.20. The monoisotopic (exact) mass is 351 g/mol. The first-order valence-electron chi connectivity index (χ1n) is 6.37. The van der Waals surface area contributed by atoms with E-state index in [1.165, 1.54) is 0 Å². The maximum atomic E-state index is 12.1. The molecule has 0 radical (unpaired) electrons. The number of primary sulfonamides is 1. The van der Waals surface area contributed by atoms with Crippen LogP contribution in [0.4, 0.5) is 10.5 Å². The SMILES string of the molecule is NS(=O)(=O)c1cc(Cl)c(NC(=O)N2CCCCC2)c(Cl)c1. The van der Waals surface area contributed by atoms with Crippen molar-refractivity contribution in [1.29, 1.82) is 0 Å². The van der Waals surface area contributed by atoms with Gasteiger partial charge >= 0.3 is 6.03 Å². The number of sulfonamides is 1. The summed E-state index contributed by atoms with van der Waals surface area (Å²) in [4.78, 5) is 13.6. The van der Waals surface area contributed by atoms with E-state index in [0.717, 1.165) is 31.4 Å². The van der Waals surface area contributed by atoms with Crippen LogP contribution in [0.5, 0.6) is 0 Å². The summed E-state index contributed by atoms with van der Waals surface area (Å²) in [7, 11) is -3.91. The zero-order valence-electron chi connectivity index (χ0n) is 11.1. The van der Waals surface area contributed by atoms with Gasteiger partial charge in [-0.25, -0.2) is 18.4 Å². The molecule has 0 atom stereocenters. The standard InChI is InChI=1S/C12H15Cl2N3O3S/c13-9-6-8(21(15,19)20)7-10(14)11(9)16-12(18)17-4-2-1-3-5-17/h6-7H,1-5H2,(H,16,18)(H2,15,19,20). The molecule has 0 spiro atoms. The van der Waals surface area contributed by atoms with Crippen molar-refractivity contribution in [3.8, 4) is 0 Å². The zero-order chi connectivity index (χ0) is 15.6. The van der Waals surface area contributed by atoms with E-state index >= 15 is 0 Å². The van der Waals surface area contributed by atoms with Crippen molar-refractivity contribution in [2.75, 3.05) is 18.4 Å². The van der Waals surface area contributed by atoms with Crippen LogP contribution >= 0.6 is 23.2 Å². The molecule has 1 aromatic rings. The third-order valence-corrected chi connectivity index (χ3v) is 4.71. The molecule has 1 aromatic carbocycles. The fourth-order valence-corrected chi connectivity index (χ4v) is 3.39. The number of benzene rings is 1. The number of carbonyl (C=O) groups is 1. The fourth-order valence-electron chi connectivity index (χ4n) is 2.12. The van der Waals surface area contributed by atoms with Crippen LogP contribution in [0.3, 0.4) is 0 Å². The highest BCUT2D eigenvalue weighted by molar-refractivity contribution is 7.89. The van der Waals surface area contributed by atoms with Crippen molar-refractivity contribution in [1.82, 2.24) is 4.90 Å². The number of anilines is 1. The van der Waals surface area contributed by atoms with Crippen LogP contribution in [0, 0.1) is 0 Å². The molecule has 0 bridgehead atoms. The number of piperidine rings is 1. The molecule has 116 valence electrons. The minimum atomic E-state index is -3.91. The summed E-state index contributed by atoms with van der Waals surface area (Å²) in [5, 5.41) is 7.69. The fraction of sp³-hybridized carbons (Fsp3) is 0.417. The Bertz CT molecular complexity index is 635. The molecule has 0 saturated carbocycles. The van der Waals surface area contributed by atoms with E-state index in [4.69, 9.17) is 28.3 Å². The zero-order valence-corrected chi connectivity index (χ0v) is 13.4. The number of nitrogens with zero attached hydrogens (tertiary/aromatic N) is 1. The van der Waals surface area contributed by atoms with Crippen LogP contribution in [0.15, 0.2) is 17.0 Å². The molecule has 1 aliphatic rings. The second-order valence-electron chi connectivity index (χ2n) is 4.78. The van der Waals surface area contributed by atoms with Crippen molar-refractivity contribution >= 4 is 44.9 Å². The maximum Gasteiger partial charge on any atom is 0.321 e. The summed E-state index contributed by atoms with van der Waals surface area (Å²) in [6.07, 6.45) is 3.02. The van der Waals surface area contributed by atoms with Crippen LogP contribution in [-0.4, -0.2) is 32.4 Å². The minimum Gasteiger partial charge on any atom is -0.325 e. The molecule has 3 N–H and O–H groups in total. The number of nitrogens with two attached hydrogens (primary N) is 1. The summed E-state index contributed by atoms with van der Waals surface area (Å²) in [6, 6.07) is 2.02. The largest absolute Gasteiger partial charge is 0.325 e. The van der Waals surface area contributed by atoms with E-state index in [1.54, 1.807) is 4.90 Å². The van der Waals surface area contributed by atoms with Gasteiger partial charge in [-0.2, -0.15) is 0 Å². The molecule has 0 unspecified atom stereocenters. The van der Waals surface area contributed by atoms with Crippen LogP contribution in [-0.2, 0) is 10.0 Å². The Kier molecular flexibility index (Phi) is 4.98. The van der Waals surface area contributed by atoms with Crippen molar-refractivity contribution in [3.05, 3.63) is 22.2 Å². The Balaban J connectivity index is 2.22. The van der Waals surface area contributed by atoms with Gasteiger partial charge in [0, 0.05) is 13.1 Å². The second kappa shape index (κ2) is 6.39. The molecule has 0 aromatic heterocycles. The number of hydrogen-bond acceptors (Lipinski definition) is 3. The number of halogens is 2. The van der Waals surface area contributed by atoms with E-state index in [-0.39, 0.29) is 26.7 Å². The van der Waals surface area contributed by atoms with Crippen LogP contribution in [0.25, 0.3) is 0 Å². The van der Waals surface area contributed by atoms with E-state index in [2.05, 4.69) is 5.32 Å². The van der Waals surface area contributed by atoms with Crippen molar-refractivity contribution in [2.24, 2.45) is 5.14 Å². The summed E-state index contributed by atoms with van der Waals surface area (Å²) in [5.41, 5.74) is 0.182. The van der Waals surface area contributed by atoms with Gasteiger partial charge in [-0.3, -0.25) is 0 Å². The molecular weight excluding hydrogens is 337 g/mol. The molecule has 6 nitrogen and oxygen atoms in total. The Morgan fingerprint density at radius 2 is 1.67 bits per heavy atom. The number of hydrogen-bond donors (Lipinski definition) is 2. The lowest BCUT2D eigenvalue weighted by Crippen LogP contribution is -2.38. The third kappa shape index (κ3) is 4.00. The van der Waals surface area contributed by atoms with Gasteiger partial charge in [-0.05, 0) is 31.4 Å². The molecule has 21 heavy (non-hydrogen) atoms. The average molecular weight is 352 g/mol. The van der Waals surface area contributed by atoms with E-state index < -0.39 is 10.0 Å². The summed E-state index contributed by atoms with van der Waals surface area (Å²) in [6.45, 7) is 1.35. The van der Waals surface area contributed by atoms with Gasteiger partial charge in [0.05, 0.1) is 20.6 Å². The minimum absolute atomic E-state index is 0.0249. The van der Waals surface area contributed by atoms with Gasteiger partial charge in [-0.1, -0.05) is 23.2 Å². The van der Waals surface area contributed by atoms with E-state index in [9.17, 15) is 13.2 Å². The third-order valence-electron chi connectivity index (χ3n) is 3.22. The van der Waals surface area contributed by atoms with Crippen LogP contribution < -0.4 is 10.5 Å².